The molecule has 0 radical (unpaired) electrons. The van der Waals surface area contributed by atoms with Crippen molar-refractivity contribution in [1.29, 1.82) is 0 Å². The summed E-state index contributed by atoms with van der Waals surface area (Å²) in [5.74, 6) is -1.97. The third kappa shape index (κ3) is 5.20. The van der Waals surface area contributed by atoms with Crippen LogP contribution in [-0.2, 0) is 28.7 Å². The van der Waals surface area contributed by atoms with Crippen molar-refractivity contribution in [3.8, 4) is 0 Å². The van der Waals surface area contributed by atoms with Crippen molar-refractivity contribution in [2.24, 2.45) is 0 Å². The Kier molecular flexibility index (Phi) is 7.05. The molecule has 0 N–H and O–H groups in total. The van der Waals surface area contributed by atoms with Crippen molar-refractivity contribution >= 4 is 0 Å². The molecule has 0 aliphatic heterocycles. The smallest absolute Gasteiger partial charge is 0.222 e. The Bertz CT molecular complexity index is 168. The molecule has 0 saturated carbocycles. The second-order valence-electron chi connectivity index (χ2n) is 3.71. The fraction of sp³-hybridized carbons (Fsp3) is 1.00. The first-order chi connectivity index (χ1) is 7.45. The zero-order valence-corrected chi connectivity index (χ0v) is 10.9. The SMILES string of the molecule is COCC(C)(OC)OOC(C)(COC)OC. The molecule has 0 bridgehead atoms. The van der Waals surface area contributed by atoms with Gasteiger partial charge in [0.2, 0.25) is 11.6 Å². The molecular formula is C10H22O6. The van der Waals surface area contributed by atoms with Crippen LogP contribution >= 0.6 is 0 Å². The Morgan fingerprint density at radius 2 is 1.00 bits per heavy atom. The normalized spacial score (nSPS) is 19.1. The first kappa shape index (κ1) is 15.8. The number of rotatable bonds is 9. The van der Waals surface area contributed by atoms with Crippen molar-refractivity contribution < 1.29 is 28.7 Å². The maximum absolute atomic E-state index is 5.18. The summed E-state index contributed by atoms with van der Waals surface area (Å²) in [6.07, 6.45) is 0. The summed E-state index contributed by atoms with van der Waals surface area (Å²) in [6.45, 7) is 3.85. The third-order valence-corrected chi connectivity index (χ3v) is 2.07. The molecule has 2 unspecified atom stereocenters. The predicted octanol–water partition coefficient (Wildman–Crippen LogP) is 0.953. The van der Waals surface area contributed by atoms with E-state index in [4.69, 9.17) is 28.7 Å². The minimum absolute atomic E-state index is 0.232. The first-order valence-electron chi connectivity index (χ1n) is 4.90. The Morgan fingerprint density at radius 3 is 1.19 bits per heavy atom. The molecule has 0 aliphatic carbocycles. The molecule has 6 nitrogen and oxygen atoms in total. The van der Waals surface area contributed by atoms with Gasteiger partial charge in [-0.25, -0.2) is 0 Å². The minimum atomic E-state index is -0.984. The Hall–Kier alpha value is -0.240. The lowest BCUT2D eigenvalue weighted by molar-refractivity contribution is -0.499. The van der Waals surface area contributed by atoms with Crippen molar-refractivity contribution in [1.82, 2.24) is 0 Å². The molecule has 6 heteroatoms. The summed E-state index contributed by atoms with van der Waals surface area (Å²) in [4.78, 5) is 10.4. The van der Waals surface area contributed by atoms with Crippen LogP contribution in [0.25, 0.3) is 0 Å². The summed E-state index contributed by atoms with van der Waals surface area (Å²) in [5, 5.41) is 0. The summed E-state index contributed by atoms with van der Waals surface area (Å²) in [5.41, 5.74) is 0. The average molecular weight is 238 g/mol. The molecule has 2 atom stereocenters. The molecule has 0 spiro atoms. The van der Waals surface area contributed by atoms with E-state index < -0.39 is 11.6 Å². The summed E-state index contributed by atoms with van der Waals surface area (Å²) >= 11 is 0. The lowest BCUT2D eigenvalue weighted by atomic mass is 10.3. The minimum Gasteiger partial charge on any atom is -0.379 e. The van der Waals surface area contributed by atoms with Gasteiger partial charge in [0.1, 0.15) is 13.2 Å². The molecular weight excluding hydrogens is 216 g/mol. The number of methoxy groups -OCH3 is 4. The quantitative estimate of drug-likeness (QED) is 0.339. The van der Waals surface area contributed by atoms with Crippen LogP contribution in [-0.4, -0.2) is 53.2 Å². The van der Waals surface area contributed by atoms with Crippen molar-refractivity contribution in [2.45, 2.75) is 25.4 Å². The van der Waals surface area contributed by atoms with Crippen molar-refractivity contribution in [2.75, 3.05) is 41.7 Å². The van der Waals surface area contributed by atoms with Crippen LogP contribution in [0.15, 0.2) is 0 Å². The molecule has 0 amide bonds. The highest BCUT2D eigenvalue weighted by atomic mass is 17.3. The molecule has 0 heterocycles. The van der Waals surface area contributed by atoms with Gasteiger partial charge in [-0.15, -0.1) is 0 Å². The van der Waals surface area contributed by atoms with Crippen LogP contribution in [0.4, 0.5) is 0 Å². The van der Waals surface area contributed by atoms with Gasteiger partial charge in [-0.1, -0.05) is 0 Å². The van der Waals surface area contributed by atoms with E-state index in [2.05, 4.69) is 0 Å². The van der Waals surface area contributed by atoms with E-state index in [1.165, 1.54) is 14.2 Å². The largest absolute Gasteiger partial charge is 0.379 e. The predicted molar refractivity (Wildman–Crippen MR) is 56.8 cm³/mol. The van der Waals surface area contributed by atoms with Gasteiger partial charge in [0.05, 0.1) is 0 Å². The van der Waals surface area contributed by atoms with Gasteiger partial charge in [-0.05, 0) is 13.8 Å². The molecule has 0 saturated heterocycles. The van der Waals surface area contributed by atoms with Gasteiger partial charge in [-0.2, -0.15) is 9.78 Å². The molecule has 0 aromatic heterocycles. The van der Waals surface area contributed by atoms with Crippen LogP contribution in [0.1, 0.15) is 13.8 Å². The van der Waals surface area contributed by atoms with E-state index in [0.29, 0.717) is 0 Å². The van der Waals surface area contributed by atoms with Crippen LogP contribution < -0.4 is 0 Å². The summed E-state index contributed by atoms with van der Waals surface area (Å²) < 4.78 is 20.2. The monoisotopic (exact) mass is 238 g/mol. The maximum Gasteiger partial charge on any atom is 0.222 e. The first-order valence-corrected chi connectivity index (χ1v) is 4.90. The standard InChI is InChI=1S/C10H22O6/c1-9(13-5,7-11-3)15-16-10(2,14-6)8-12-4/h7-8H2,1-6H3. The number of ether oxygens (including phenoxy) is 4. The molecule has 0 aliphatic rings. The Labute approximate surface area is 96.6 Å². The van der Waals surface area contributed by atoms with E-state index in [1.807, 2.05) is 0 Å². The Balaban J connectivity index is 4.26. The van der Waals surface area contributed by atoms with E-state index in [-0.39, 0.29) is 13.2 Å². The highest BCUT2D eigenvalue weighted by molar-refractivity contribution is 4.61. The van der Waals surface area contributed by atoms with E-state index >= 15 is 0 Å². The van der Waals surface area contributed by atoms with Gasteiger partial charge in [-0.3, -0.25) is 0 Å². The highest BCUT2D eigenvalue weighted by Crippen LogP contribution is 2.19. The van der Waals surface area contributed by atoms with Crippen LogP contribution in [0.2, 0.25) is 0 Å². The van der Waals surface area contributed by atoms with E-state index in [1.54, 1.807) is 28.1 Å². The van der Waals surface area contributed by atoms with Gasteiger partial charge in [0.15, 0.2) is 0 Å². The van der Waals surface area contributed by atoms with Crippen LogP contribution in [0, 0.1) is 0 Å². The van der Waals surface area contributed by atoms with Gasteiger partial charge in [0.25, 0.3) is 0 Å². The fourth-order valence-electron chi connectivity index (χ4n) is 0.935. The lowest BCUT2D eigenvalue weighted by Crippen LogP contribution is -2.43. The molecule has 0 aromatic rings. The van der Waals surface area contributed by atoms with Gasteiger partial charge in [0, 0.05) is 28.4 Å². The van der Waals surface area contributed by atoms with E-state index in [0.717, 1.165) is 0 Å². The zero-order chi connectivity index (χ0) is 12.7. The molecule has 0 fully saturated rings. The number of hydrogen-bond acceptors (Lipinski definition) is 6. The highest BCUT2D eigenvalue weighted by Gasteiger charge is 2.33. The topological polar surface area (TPSA) is 55.4 Å². The van der Waals surface area contributed by atoms with Crippen molar-refractivity contribution in [3.63, 3.8) is 0 Å². The summed E-state index contributed by atoms with van der Waals surface area (Å²) in [6, 6.07) is 0. The third-order valence-electron chi connectivity index (χ3n) is 2.07. The lowest BCUT2D eigenvalue weighted by Gasteiger charge is -2.32. The van der Waals surface area contributed by atoms with Gasteiger partial charge < -0.3 is 18.9 Å². The van der Waals surface area contributed by atoms with Crippen LogP contribution in [0.5, 0.6) is 0 Å². The van der Waals surface area contributed by atoms with E-state index in [9.17, 15) is 0 Å². The maximum atomic E-state index is 5.18. The Morgan fingerprint density at radius 1 is 0.688 bits per heavy atom. The second-order valence-corrected chi connectivity index (χ2v) is 3.71. The van der Waals surface area contributed by atoms with Crippen LogP contribution in [0.3, 0.4) is 0 Å². The van der Waals surface area contributed by atoms with Gasteiger partial charge >= 0.3 is 0 Å². The molecule has 16 heavy (non-hydrogen) atoms. The molecule has 0 rings (SSSR count). The van der Waals surface area contributed by atoms with Crippen molar-refractivity contribution in [3.05, 3.63) is 0 Å². The second kappa shape index (κ2) is 7.16. The average Bonchev–Trinajstić information content (AvgIpc) is 2.27. The zero-order valence-electron chi connectivity index (χ0n) is 10.9. The molecule has 0 aromatic carbocycles. The molecule has 98 valence electrons. The number of hydrogen-bond donors (Lipinski definition) is 0. The summed E-state index contributed by atoms with van der Waals surface area (Å²) in [7, 11) is 6.10. The fourth-order valence-corrected chi connectivity index (χ4v) is 0.935.